The van der Waals surface area contributed by atoms with Crippen LogP contribution in [0.25, 0.3) is 21.7 Å². The van der Waals surface area contributed by atoms with Gasteiger partial charge in [0.25, 0.3) is 5.56 Å². The fourth-order valence-electron chi connectivity index (χ4n) is 3.05. The number of nitrogens with zero attached hydrogens (tertiary/aromatic N) is 3. The fraction of sp³-hybridized carbons (Fsp3) is 0.100. The van der Waals surface area contributed by atoms with Gasteiger partial charge in [-0.3, -0.25) is 14.6 Å². The van der Waals surface area contributed by atoms with E-state index in [4.69, 9.17) is 0 Å². The Bertz CT molecular complexity index is 1190. The number of aryl methyl sites for hydroxylation is 1. The number of nitrogens with one attached hydrogen (secondary N) is 1. The molecule has 128 valence electrons. The zero-order valence-electron chi connectivity index (χ0n) is 14.1. The molecule has 0 radical (unpaired) electrons. The second-order valence-corrected chi connectivity index (χ2v) is 6.02. The summed E-state index contributed by atoms with van der Waals surface area (Å²) in [5.74, 6) is -0.314. The van der Waals surface area contributed by atoms with Crippen molar-refractivity contribution in [3.05, 3.63) is 76.8 Å². The Morgan fingerprint density at radius 1 is 1.00 bits per heavy atom. The van der Waals surface area contributed by atoms with Crippen molar-refractivity contribution in [2.45, 2.75) is 13.5 Å². The molecule has 4 rings (SSSR count). The van der Waals surface area contributed by atoms with Gasteiger partial charge in [0.1, 0.15) is 6.54 Å². The van der Waals surface area contributed by atoms with Gasteiger partial charge < -0.3 is 5.32 Å². The lowest BCUT2D eigenvalue weighted by molar-refractivity contribution is -0.117. The average Bonchev–Trinajstić information content (AvgIpc) is 2.66. The van der Waals surface area contributed by atoms with Crippen molar-refractivity contribution in [1.82, 2.24) is 14.8 Å². The molecule has 6 nitrogen and oxygen atoms in total. The van der Waals surface area contributed by atoms with Crippen LogP contribution in [0.15, 0.2) is 65.6 Å². The summed E-state index contributed by atoms with van der Waals surface area (Å²) >= 11 is 0. The van der Waals surface area contributed by atoms with Crippen molar-refractivity contribution in [1.29, 1.82) is 0 Å². The zero-order valence-corrected chi connectivity index (χ0v) is 14.1. The highest BCUT2D eigenvalue weighted by molar-refractivity contribution is 6.00. The average molecular weight is 344 g/mol. The van der Waals surface area contributed by atoms with Crippen molar-refractivity contribution in [2.24, 2.45) is 0 Å². The SMILES string of the molecule is Cc1nn(CC(=O)Nc2cccc3ncccc23)c(=O)c2ccccc12. The van der Waals surface area contributed by atoms with E-state index in [1.165, 1.54) is 4.68 Å². The molecule has 0 fully saturated rings. The molecule has 4 aromatic rings. The molecule has 0 aliphatic heterocycles. The van der Waals surface area contributed by atoms with Gasteiger partial charge in [-0.25, -0.2) is 4.68 Å². The second kappa shape index (κ2) is 6.40. The minimum atomic E-state index is -0.314. The summed E-state index contributed by atoms with van der Waals surface area (Å²) < 4.78 is 1.20. The van der Waals surface area contributed by atoms with Crippen LogP contribution in [0.5, 0.6) is 0 Å². The second-order valence-electron chi connectivity index (χ2n) is 6.02. The Kier molecular flexibility index (Phi) is 3.93. The number of fused-ring (bicyclic) bond motifs is 2. The minimum Gasteiger partial charge on any atom is -0.324 e. The summed E-state index contributed by atoms with van der Waals surface area (Å²) in [6, 6.07) is 16.5. The summed E-state index contributed by atoms with van der Waals surface area (Å²) in [4.78, 5) is 29.4. The van der Waals surface area contributed by atoms with Crippen LogP contribution in [-0.2, 0) is 11.3 Å². The van der Waals surface area contributed by atoms with Crippen LogP contribution in [0.3, 0.4) is 0 Å². The van der Waals surface area contributed by atoms with E-state index in [1.807, 2.05) is 49.4 Å². The summed E-state index contributed by atoms with van der Waals surface area (Å²) in [7, 11) is 0. The molecule has 2 heterocycles. The monoisotopic (exact) mass is 344 g/mol. The number of rotatable bonds is 3. The molecule has 0 atom stereocenters. The van der Waals surface area contributed by atoms with E-state index in [2.05, 4.69) is 15.4 Å². The number of hydrogen-bond donors (Lipinski definition) is 1. The quantitative estimate of drug-likeness (QED) is 0.620. The number of aromatic nitrogens is 3. The summed E-state index contributed by atoms with van der Waals surface area (Å²) in [6.07, 6.45) is 1.70. The van der Waals surface area contributed by atoms with Crippen LogP contribution in [-0.4, -0.2) is 20.7 Å². The Labute approximate surface area is 149 Å². The third-order valence-electron chi connectivity index (χ3n) is 4.27. The minimum absolute atomic E-state index is 0.152. The number of carbonyl (C=O) groups is 1. The lowest BCUT2D eigenvalue weighted by atomic mass is 10.1. The van der Waals surface area contributed by atoms with Gasteiger partial charge in [0, 0.05) is 17.0 Å². The molecular weight excluding hydrogens is 328 g/mol. The largest absolute Gasteiger partial charge is 0.324 e. The first-order valence-corrected chi connectivity index (χ1v) is 8.23. The molecule has 26 heavy (non-hydrogen) atoms. The van der Waals surface area contributed by atoms with Crippen LogP contribution < -0.4 is 10.9 Å². The van der Waals surface area contributed by atoms with Crippen molar-refractivity contribution in [2.75, 3.05) is 5.32 Å². The molecule has 1 amide bonds. The third-order valence-corrected chi connectivity index (χ3v) is 4.27. The molecule has 1 N–H and O–H groups in total. The van der Waals surface area contributed by atoms with Crippen LogP contribution in [0.4, 0.5) is 5.69 Å². The number of carbonyl (C=O) groups excluding carboxylic acids is 1. The first-order chi connectivity index (χ1) is 12.6. The Hall–Kier alpha value is -3.54. The maximum Gasteiger partial charge on any atom is 0.275 e. The normalized spacial score (nSPS) is 11.0. The predicted molar refractivity (Wildman–Crippen MR) is 101 cm³/mol. The summed E-state index contributed by atoms with van der Waals surface area (Å²) in [5.41, 5.74) is 1.89. The van der Waals surface area contributed by atoms with E-state index in [1.54, 1.807) is 18.3 Å². The molecule has 2 aromatic carbocycles. The van der Waals surface area contributed by atoms with E-state index in [9.17, 15) is 9.59 Å². The lowest BCUT2D eigenvalue weighted by Crippen LogP contribution is -2.30. The smallest absolute Gasteiger partial charge is 0.275 e. The molecular formula is C20H16N4O2. The molecule has 0 aliphatic carbocycles. The lowest BCUT2D eigenvalue weighted by Gasteiger charge is -2.10. The van der Waals surface area contributed by atoms with Crippen molar-refractivity contribution < 1.29 is 4.79 Å². The Morgan fingerprint density at radius 2 is 1.77 bits per heavy atom. The van der Waals surface area contributed by atoms with Crippen molar-refractivity contribution in [3.8, 4) is 0 Å². The van der Waals surface area contributed by atoms with Crippen LogP contribution in [0, 0.1) is 6.92 Å². The molecule has 0 unspecified atom stereocenters. The summed E-state index contributed by atoms with van der Waals surface area (Å²) in [6.45, 7) is 1.67. The fourth-order valence-corrected chi connectivity index (χ4v) is 3.05. The highest BCUT2D eigenvalue weighted by atomic mass is 16.2. The molecule has 0 aliphatic rings. The number of hydrogen-bond acceptors (Lipinski definition) is 4. The summed E-state index contributed by atoms with van der Waals surface area (Å²) in [5, 5.41) is 9.33. The first-order valence-electron chi connectivity index (χ1n) is 8.23. The van der Waals surface area contributed by atoms with E-state index >= 15 is 0 Å². The first kappa shape index (κ1) is 16.0. The van der Waals surface area contributed by atoms with Gasteiger partial charge in [0.05, 0.1) is 22.3 Å². The van der Waals surface area contributed by atoms with Gasteiger partial charge in [-0.1, -0.05) is 24.3 Å². The van der Waals surface area contributed by atoms with E-state index in [-0.39, 0.29) is 18.0 Å². The highest BCUT2D eigenvalue weighted by Gasteiger charge is 2.12. The van der Waals surface area contributed by atoms with E-state index in [0.717, 1.165) is 16.3 Å². The molecule has 2 aromatic heterocycles. The van der Waals surface area contributed by atoms with Gasteiger partial charge in [-0.15, -0.1) is 0 Å². The molecule has 0 bridgehead atoms. The topological polar surface area (TPSA) is 76.9 Å². The van der Waals surface area contributed by atoms with Crippen molar-refractivity contribution >= 4 is 33.3 Å². The maximum absolute atomic E-state index is 12.6. The maximum atomic E-state index is 12.6. The number of benzene rings is 2. The van der Waals surface area contributed by atoms with Crippen LogP contribution in [0.1, 0.15) is 5.69 Å². The van der Waals surface area contributed by atoms with E-state index < -0.39 is 0 Å². The third kappa shape index (κ3) is 2.82. The molecule has 0 saturated carbocycles. The standard InChI is InChI=1S/C20H16N4O2/c1-13-14-6-2-3-7-15(14)20(26)24(23-13)12-19(25)22-18-10-4-9-17-16(18)8-5-11-21-17/h2-11H,12H2,1H3,(H,22,25). The van der Waals surface area contributed by atoms with Gasteiger partial charge >= 0.3 is 0 Å². The zero-order chi connectivity index (χ0) is 18.1. The van der Waals surface area contributed by atoms with Gasteiger partial charge in [-0.2, -0.15) is 5.10 Å². The Morgan fingerprint density at radius 3 is 2.62 bits per heavy atom. The van der Waals surface area contributed by atoms with Gasteiger partial charge in [0.2, 0.25) is 5.91 Å². The van der Waals surface area contributed by atoms with Crippen molar-refractivity contribution in [3.63, 3.8) is 0 Å². The Balaban J connectivity index is 1.66. The van der Waals surface area contributed by atoms with E-state index in [0.29, 0.717) is 16.8 Å². The number of pyridine rings is 1. The number of amides is 1. The van der Waals surface area contributed by atoms with Gasteiger partial charge in [-0.05, 0) is 37.3 Å². The van der Waals surface area contributed by atoms with Crippen LogP contribution >= 0.6 is 0 Å². The number of anilines is 1. The molecule has 0 saturated heterocycles. The molecule has 6 heteroatoms. The molecule has 0 spiro atoms. The predicted octanol–water partition coefficient (Wildman–Crippen LogP) is 2.89. The van der Waals surface area contributed by atoms with Crippen LogP contribution in [0.2, 0.25) is 0 Å². The van der Waals surface area contributed by atoms with Gasteiger partial charge in [0.15, 0.2) is 0 Å². The highest BCUT2D eigenvalue weighted by Crippen LogP contribution is 2.21.